The van der Waals surface area contributed by atoms with Gasteiger partial charge in [-0.2, -0.15) is 0 Å². The van der Waals surface area contributed by atoms with Gasteiger partial charge in [-0.1, -0.05) is 26.7 Å². The van der Waals surface area contributed by atoms with Crippen LogP contribution in [0.25, 0.3) is 0 Å². The summed E-state index contributed by atoms with van der Waals surface area (Å²) in [7, 11) is 2.21. The summed E-state index contributed by atoms with van der Waals surface area (Å²) in [5.74, 6) is 1.28. The van der Waals surface area contributed by atoms with E-state index in [1.807, 2.05) is 0 Å². The number of nitrogens with zero attached hydrogens (tertiary/aromatic N) is 2. The van der Waals surface area contributed by atoms with Crippen LogP contribution in [0.1, 0.15) is 46.0 Å². The Morgan fingerprint density at radius 3 is 2.67 bits per heavy atom. The van der Waals surface area contributed by atoms with Crippen LogP contribution in [0.2, 0.25) is 0 Å². The van der Waals surface area contributed by atoms with Gasteiger partial charge in [0.15, 0.2) is 5.96 Å². The summed E-state index contributed by atoms with van der Waals surface area (Å²) in [6.45, 7) is 7.18. The van der Waals surface area contributed by atoms with Crippen molar-refractivity contribution in [2.24, 2.45) is 16.6 Å². The van der Waals surface area contributed by atoms with Crippen molar-refractivity contribution in [3.8, 4) is 0 Å². The van der Waals surface area contributed by atoms with Crippen LogP contribution in [0.3, 0.4) is 0 Å². The van der Waals surface area contributed by atoms with Gasteiger partial charge in [-0.25, -0.2) is 0 Å². The number of hydrogen-bond donors (Lipinski definition) is 2. The van der Waals surface area contributed by atoms with Gasteiger partial charge in [-0.15, -0.1) is 0 Å². The van der Waals surface area contributed by atoms with Crippen molar-refractivity contribution < 1.29 is 0 Å². The molecule has 0 spiro atoms. The summed E-state index contributed by atoms with van der Waals surface area (Å²) >= 11 is 0. The maximum atomic E-state index is 5.82. The van der Waals surface area contributed by atoms with Crippen LogP contribution in [-0.2, 0) is 0 Å². The van der Waals surface area contributed by atoms with Crippen molar-refractivity contribution in [2.45, 2.75) is 52.0 Å². The molecule has 3 N–H and O–H groups in total. The predicted octanol–water partition coefficient (Wildman–Crippen LogP) is 1.81. The Morgan fingerprint density at radius 1 is 1.39 bits per heavy atom. The van der Waals surface area contributed by atoms with Crippen LogP contribution < -0.4 is 11.1 Å². The second-order valence-electron chi connectivity index (χ2n) is 5.80. The van der Waals surface area contributed by atoms with Crippen LogP contribution >= 0.6 is 0 Å². The molecule has 0 atom stereocenters. The van der Waals surface area contributed by atoms with Crippen molar-refractivity contribution in [1.29, 1.82) is 0 Å². The third-order valence-electron chi connectivity index (χ3n) is 3.71. The molecule has 0 bridgehead atoms. The Balaban J connectivity index is 2.08. The van der Waals surface area contributed by atoms with Gasteiger partial charge in [0.05, 0.1) is 0 Å². The Bertz CT molecular complexity index is 244. The van der Waals surface area contributed by atoms with Crippen molar-refractivity contribution >= 4 is 5.96 Å². The summed E-state index contributed by atoms with van der Waals surface area (Å²) in [5, 5.41) is 3.20. The van der Waals surface area contributed by atoms with Gasteiger partial charge < -0.3 is 16.0 Å². The van der Waals surface area contributed by atoms with Gasteiger partial charge in [0.2, 0.25) is 0 Å². The summed E-state index contributed by atoms with van der Waals surface area (Å²) in [6, 6.07) is 0.783. The maximum absolute atomic E-state index is 5.82. The molecular formula is C14H30N4. The minimum Gasteiger partial charge on any atom is -0.370 e. The van der Waals surface area contributed by atoms with E-state index in [2.05, 4.69) is 36.1 Å². The lowest BCUT2D eigenvalue weighted by Crippen LogP contribution is -2.40. The fourth-order valence-electron chi connectivity index (χ4n) is 2.39. The molecular weight excluding hydrogens is 224 g/mol. The molecule has 1 aliphatic carbocycles. The average molecular weight is 254 g/mol. The molecule has 4 heteroatoms. The van der Waals surface area contributed by atoms with Gasteiger partial charge in [0.25, 0.3) is 0 Å². The maximum Gasteiger partial charge on any atom is 0.188 e. The van der Waals surface area contributed by atoms with Crippen molar-refractivity contribution in [3.05, 3.63) is 0 Å². The summed E-state index contributed by atoms with van der Waals surface area (Å²) in [5.41, 5.74) is 5.82. The van der Waals surface area contributed by atoms with E-state index in [9.17, 15) is 0 Å². The molecule has 1 saturated carbocycles. The minimum atomic E-state index is 0.593. The molecule has 106 valence electrons. The van der Waals surface area contributed by atoms with Gasteiger partial charge >= 0.3 is 0 Å². The smallest absolute Gasteiger partial charge is 0.188 e. The van der Waals surface area contributed by atoms with Gasteiger partial charge in [-0.3, -0.25) is 4.99 Å². The lowest BCUT2D eigenvalue weighted by Gasteiger charge is -2.24. The molecule has 0 aromatic rings. The number of guanidine groups is 1. The highest BCUT2D eigenvalue weighted by Gasteiger charge is 2.18. The van der Waals surface area contributed by atoms with E-state index in [0.29, 0.717) is 11.9 Å². The molecule has 1 fully saturated rings. The second kappa shape index (κ2) is 8.35. The molecule has 0 saturated heterocycles. The Hall–Kier alpha value is -0.770. The van der Waals surface area contributed by atoms with E-state index >= 15 is 0 Å². The first-order valence-electron chi connectivity index (χ1n) is 7.33. The van der Waals surface area contributed by atoms with Crippen molar-refractivity contribution in [2.75, 3.05) is 26.7 Å². The molecule has 4 nitrogen and oxygen atoms in total. The topological polar surface area (TPSA) is 53.6 Å². The fourth-order valence-corrected chi connectivity index (χ4v) is 2.39. The van der Waals surface area contributed by atoms with Crippen LogP contribution in [0, 0.1) is 5.92 Å². The largest absolute Gasteiger partial charge is 0.370 e. The highest BCUT2D eigenvalue weighted by molar-refractivity contribution is 5.77. The van der Waals surface area contributed by atoms with E-state index in [1.54, 1.807) is 0 Å². The van der Waals surface area contributed by atoms with E-state index in [4.69, 9.17) is 5.73 Å². The van der Waals surface area contributed by atoms with E-state index in [1.165, 1.54) is 25.7 Å². The molecule has 0 radical (unpaired) electrons. The van der Waals surface area contributed by atoms with Gasteiger partial charge in [0, 0.05) is 25.7 Å². The van der Waals surface area contributed by atoms with Crippen molar-refractivity contribution in [1.82, 2.24) is 10.2 Å². The lowest BCUT2D eigenvalue weighted by molar-refractivity contribution is 0.249. The number of likely N-dealkylation sites (N-methyl/N-ethyl adjacent to an activating group) is 1. The van der Waals surface area contributed by atoms with Gasteiger partial charge in [-0.05, 0) is 32.2 Å². The number of hydrogen-bond acceptors (Lipinski definition) is 2. The standard InChI is InChI=1S/C14H30N4/c1-12(2)8-9-16-14(15)17-10-11-18(3)13-6-4-5-7-13/h12-13H,4-11H2,1-3H3,(H3,15,16,17). The SMILES string of the molecule is CC(C)CCN=C(N)NCCN(C)C1CCCC1. The quantitative estimate of drug-likeness (QED) is 0.538. The Morgan fingerprint density at radius 2 is 2.06 bits per heavy atom. The molecule has 0 unspecified atom stereocenters. The highest BCUT2D eigenvalue weighted by Crippen LogP contribution is 2.21. The van der Waals surface area contributed by atoms with E-state index < -0.39 is 0 Å². The normalized spacial score (nSPS) is 17.9. The molecule has 0 heterocycles. The van der Waals surface area contributed by atoms with Crippen LogP contribution in [0.5, 0.6) is 0 Å². The van der Waals surface area contributed by atoms with E-state index in [0.717, 1.165) is 32.1 Å². The van der Waals surface area contributed by atoms with E-state index in [-0.39, 0.29) is 0 Å². The van der Waals surface area contributed by atoms with Crippen molar-refractivity contribution in [3.63, 3.8) is 0 Å². The number of aliphatic imine (C=N–C) groups is 1. The van der Waals surface area contributed by atoms with Crippen LogP contribution in [0.4, 0.5) is 0 Å². The minimum absolute atomic E-state index is 0.593. The van der Waals surface area contributed by atoms with Gasteiger partial charge in [0.1, 0.15) is 0 Å². The third kappa shape index (κ3) is 6.24. The molecule has 0 aromatic heterocycles. The first kappa shape index (κ1) is 15.3. The number of nitrogens with two attached hydrogens (primary N) is 1. The monoisotopic (exact) mass is 254 g/mol. The molecule has 18 heavy (non-hydrogen) atoms. The third-order valence-corrected chi connectivity index (χ3v) is 3.71. The second-order valence-corrected chi connectivity index (χ2v) is 5.80. The first-order chi connectivity index (χ1) is 8.59. The molecule has 1 rings (SSSR count). The zero-order valence-corrected chi connectivity index (χ0v) is 12.3. The Kier molecular flexibility index (Phi) is 7.09. The average Bonchev–Trinajstić information content (AvgIpc) is 2.81. The summed E-state index contributed by atoms with van der Waals surface area (Å²) in [6.07, 6.45) is 6.59. The molecule has 0 aromatic carbocycles. The molecule has 0 amide bonds. The fraction of sp³-hybridized carbons (Fsp3) is 0.929. The molecule has 1 aliphatic rings. The van der Waals surface area contributed by atoms with Crippen LogP contribution in [0.15, 0.2) is 4.99 Å². The number of nitrogens with one attached hydrogen (secondary N) is 1. The summed E-state index contributed by atoms with van der Waals surface area (Å²) in [4.78, 5) is 6.77. The first-order valence-corrected chi connectivity index (χ1v) is 7.33. The molecule has 0 aliphatic heterocycles. The predicted molar refractivity (Wildman–Crippen MR) is 78.8 cm³/mol. The summed E-state index contributed by atoms with van der Waals surface area (Å²) < 4.78 is 0. The zero-order valence-electron chi connectivity index (χ0n) is 12.3. The lowest BCUT2D eigenvalue weighted by atomic mass is 10.1. The highest BCUT2D eigenvalue weighted by atomic mass is 15.2. The number of rotatable bonds is 7. The van der Waals surface area contributed by atoms with Crippen LogP contribution in [-0.4, -0.2) is 43.6 Å². The Labute approximate surface area is 112 Å². The zero-order chi connectivity index (χ0) is 13.4.